The van der Waals surface area contributed by atoms with E-state index in [1.807, 2.05) is 6.92 Å². The van der Waals surface area contributed by atoms with Crippen LogP contribution >= 0.6 is 0 Å². The Bertz CT molecular complexity index is 340. The molecule has 3 nitrogen and oxygen atoms in total. The van der Waals surface area contributed by atoms with Crippen LogP contribution in [0.5, 0.6) is 0 Å². The summed E-state index contributed by atoms with van der Waals surface area (Å²) in [6.45, 7) is 9.18. The van der Waals surface area contributed by atoms with E-state index in [0.29, 0.717) is 11.7 Å². The van der Waals surface area contributed by atoms with E-state index in [4.69, 9.17) is 0 Å². The summed E-state index contributed by atoms with van der Waals surface area (Å²) in [5.41, 5.74) is 0. The first-order chi connectivity index (χ1) is 8.40. The second-order valence-electron chi connectivity index (χ2n) is 5.96. The molecule has 0 aromatic rings. The number of sulfone groups is 1. The molecular formula is C14H29NO2S. The Morgan fingerprint density at radius 3 is 2.50 bits per heavy atom. The molecule has 1 fully saturated rings. The minimum absolute atomic E-state index is 0.167. The van der Waals surface area contributed by atoms with Crippen molar-refractivity contribution in [3.63, 3.8) is 0 Å². The lowest BCUT2D eigenvalue weighted by molar-refractivity contribution is 0.310. The van der Waals surface area contributed by atoms with E-state index >= 15 is 0 Å². The van der Waals surface area contributed by atoms with Crippen LogP contribution < -0.4 is 5.32 Å². The Hall–Kier alpha value is -0.0900. The Morgan fingerprint density at radius 1 is 1.28 bits per heavy atom. The molecule has 0 aromatic heterocycles. The maximum absolute atomic E-state index is 12.5. The topological polar surface area (TPSA) is 46.2 Å². The van der Waals surface area contributed by atoms with E-state index in [2.05, 4.69) is 26.1 Å². The van der Waals surface area contributed by atoms with Crippen molar-refractivity contribution in [2.75, 3.05) is 12.3 Å². The van der Waals surface area contributed by atoms with Crippen LogP contribution in [-0.4, -0.2) is 32.0 Å². The minimum Gasteiger partial charge on any atom is -0.313 e. The maximum atomic E-state index is 12.5. The van der Waals surface area contributed by atoms with Gasteiger partial charge >= 0.3 is 0 Å². The van der Waals surface area contributed by atoms with E-state index in [1.54, 1.807) is 0 Å². The molecule has 0 bridgehead atoms. The van der Waals surface area contributed by atoms with E-state index in [0.717, 1.165) is 32.2 Å². The average Bonchev–Trinajstić information content (AvgIpc) is 2.31. The van der Waals surface area contributed by atoms with Crippen molar-refractivity contribution < 1.29 is 8.42 Å². The van der Waals surface area contributed by atoms with Gasteiger partial charge in [-0.15, -0.1) is 0 Å². The van der Waals surface area contributed by atoms with Crippen molar-refractivity contribution in [3.8, 4) is 0 Å². The van der Waals surface area contributed by atoms with Gasteiger partial charge in [-0.05, 0) is 37.6 Å². The molecule has 4 heteroatoms. The molecule has 0 aromatic carbocycles. The molecule has 1 N–H and O–H groups in total. The van der Waals surface area contributed by atoms with Gasteiger partial charge in [0.1, 0.15) is 0 Å². The highest BCUT2D eigenvalue weighted by Gasteiger charge is 2.37. The molecule has 0 heterocycles. The second kappa shape index (κ2) is 6.90. The zero-order valence-corrected chi connectivity index (χ0v) is 13.1. The highest BCUT2D eigenvalue weighted by molar-refractivity contribution is 7.92. The molecule has 1 aliphatic rings. The Kier molecular flexibility index (Phi) is 6.12. The molecule has 4 atom stereocenters. The number of hydrogen-bond acceptors (Lipinski definition) is 3. The molecule has 1 aliphatic carbocycles. The molecule has 1 rings (SSSR count). The number of nitrogens with one attached hydrogen (secondary N) is 1. The van der Waals surface area contributed by atoms with Crippen molar-refractivity contribution in [2.24, 2.45) is 11.8 Å². The summed E-state index contributed by atoms with van der Waals surface area (Å²) in [5, 5.41) is 3.20. The molecule has 18 heavy (non-hydrogen) atoms. The minimum atomic E-state index is -2.96. The second-order valence-corrected chi connectivity index (χ2v) is 8.23. The lowest BCUT2D eigenvalue weighted by Crippen LogP contribution is -2.48. The maximum Gasteiger partial charge on any atom is 0.154 e. The van der Waals surface area contributed by atoms with Crippen molar-refractivity contribution in [2.45, 2.75) is 64.7 Å². The van der Waals surface area contributed by atoms with Crippen LogP contribution in [0.15, 0.2) is 0 Å². The van der Waals surface area contributed by atoms with Crippen LogP contribution in [0.2, 0.25) is 0 Å². The molecular weight excluding hydrogens is 246 g/mol. The first kappa shape index (κ1) is 16.0. The molecule has 0 saturated heterocycles. The van der Waals surface area contributed by atoms with Gasteiger partial charge in [-0.2, -0.15) is 0 Å². The lowest BCUT2D eigenvalue weighted by Gasteiger charge is -2.35. The van der Waals surface area contributed by atoms with Crippen LogP contribution in [-0.2, 0) is 9.84 Å². The zero-order valence-electron chi connectivity index (χ0n) is 12.3. The van der Waals surface area contributed by atoms with Crippen LogP contribution in [0.3, 0.4) is 0 Å². The molecule has 0 aliphatic heterocycles. The van der Waals surface area contributed by atoms with Gasteiger partial charge in [0.2, 0.25) is 0 Å². The van der Waals surface area contributed by atoms with E-state index in [1.165, 1.54) is 0 Å². The summed E-state index contributed by atoms with van der Waals surface area (Å²) in [6, 6.07) is 0.167. The number of rotatable bonds is 6. The summed E-state index contributed by atoms with van der Waals surface area (Å²) in [6.07, 6.45) is 3.91. The van der Waals surface area contributed by atoms with Crippen molar-refractivity contribution in [1.82, 2.24) is 5.32 Å². The van der Waals surface area contributed by atoms with Gasteiger partial charge < -0.3 is 5.32 Å². The van der Waals surface area contributed by atoms with Crippen molar-refractivity contribution in [1.29, 1.82) is 0 Å². The van der Waals surface area contributed by atoms with Gasteiger partial charge in [-0.3, -0.25) is 0 Å². The fraction of sp³-hybridized carbons (Fsp3) is 1.00. The highest BCUT2D eigenvalue weighted by atomic mass is 32.2. The Balaban J connectivity index is 2.80. The predicted octanol–water partition coefficient (Wildman–Crippen LogP) is 2.61. The monoisotopic (exact) mass is 275 g/mol. The standard InChI is InChI=1S/C14H29NO2S/c1-5-11(3)10-18(16,17)14-9-12(4)7-8-13(14)15-6-2/h11-15H,5-10H2,1-4H3. The normalized spacial score (nSPS) is 31.2. The first-order valence-corrected chi connectivity index (χ1v) is 9.07. The summed E-state index contributed by atoms with van der Waals surface area (Å²) in [5.74, 6) is 1.16. The molecule has 0 radical (unpaired) electrons. The third kappa shape index (κ3) is 4.23. The molecule has 0 amide bonds. The van der Waals surface area contributed by atoms with Gasteiger partial charge in [-0.1, -0.05) is 34.1 Å². The predicted molar refractivity (Wildman–Crippen MR) is 77.5 cm³/mol. The van der Waals surface area contributed by atoms with E-state index in [9.17, 15) is 8.42 Å². The first-order valence-electron chi connectivity index (χ1n) is 7.35. The van der Waals surface area contributed by atoms with Gasteiger partial charge in [0.15, 0.2) is 9.84 Å². The van der Waals surface area contributed by atoms with Crippen molar-refractivity contribution >= 4 is 9.84 Å². The van der Waals surface area contributed by atoms with Gasteiger partial charge in [0.05, 0.1) is 11.0 Å². The lowest BCUT2D eigenvalue weighted by atomic mass is 9.87. The number of hydrogen-bond donors (Lipinski definition) is 1. The SMILES string of the molecule is CCNC1CCC(C)CC1S(=O)(=O)CC(C)CC. The van der Waals surface area contributed by atoms with Crippen LogP contribution in [0.1, 0.15) is 53.4 Å². The summed E-state index contributed by atoms with van der Waals surface area (Å²) < 4.78 is 25.1. The Labute approximate surface area is 113 Å². The summed E-state index contributed by atoms with van der Waals surface area (Å²) >= 11 is 0. The molecule has 1 saturated carbocycles. The molecule has 4 unspecified atom stereocenters. The summed E-state index contributed by atoms with van der Waals surface area (Å²) in [4.78, 5) is 0. The fourth-order valence-corrected chi connectivity index (χ4v) is 5.49. The van der Waals surface area contributed by atoms with Crippen LogP contribution in [0.4, 0.5) is 0 Å². The quantitative estimate of drug-likeness (QED) is 0.810. The smallest absolute Gasteiger partial charge is 0.154 e. The highest BCUT2D eigenvalue weighted by Crippen LogP contribution is 2.30. The van der Waals surface area contributed by atoms with Crippen molar-refractivity contribution in [3.05, 3.63) is 0 Å². The fourth-order valence-electron chi connectivity index (χ4n) is 2.86. The summed E-state index contributed by atoms with van der Waals surface area (Å²) in [7, 11) is -2.96. The van der Waals surface area contributed by atoms with Gasteiger partial charge in [0.25, 0.3) is 0 Å². The van der Waals surface area contributed by atoms with E-state index < -0.39 is 9.84 Å². The molecule has 108 valence electrons. The third-order valence-electron chi connectivity index (χ3n) is 4.20. The largest absolute Gasteiger partial charge is 0.313 e. The van der Waals surface area contributed by atoms with E-state index in [-0.39, 0.29) is 17.2 Å². The molecule has 0 spiro atoms. The van der Waals surface area contributed by atoms with Crippen LogP contribution in [0, 0.1) is 11.8 Å². The average molecular weight is 275 g/mol. The Morgan fingerprint density at radius 2 is 1.94 bits per heavy atom. The van der Waals surface area contributed by atoms with Gasteiger partial charge in [-0.25, -0.2) is 8.42 Å². The zero-order chi connectivity index (χ0) is 13.8. The third-order valence-corrected chi connectivity index (χ3v) is 6.67. The van der Waals surface area contributed by atoms with Crippen LogP contribution in [0.25, 0.3) is 0 Å². The van der Waals surface area contributed by atoms with Gasteiger partial charge in [0, 0.05) is 6.04 Å².